The van der Waals surface area contributed by atoms with Gasteiger partial charge in [-0.05, 0) is 30.7 Å². The summed E-state index contributed by atoms with van der Waals surface area (Å²) in [5, 5.41) is 15.3. The average Bonchev–Trinajstić information content (AvgIpc) is 3.26. The molecular formula is C14H13ClN6OS. The number of hydrogen-bond donors (Lipinski definition) is 1. The van der Waals surface area contributed by atoms with Crippen LogP contribution in [0.5, 0.6) is 0 Å². The first-order chi connectivity index (χ1) is 11.2. The Hall–Kier alpha value is -2.19. The summed E-state index contributed by atoms with van der Waals surface area (Å²) in [5.41, 5.74) is 0.715. The minimum absolute atomic E-state index is 0.0732. The van der Waals surface area contributed by atoms with Crippen molar-refractivity contribution < 1.29 is 4.79 Å². The van der Waals surface area contributed by atoms with E-state index in [1.54, 1.807) is 23.0 Å². The van der Waals surface area contributed by atoms with Gasteiger partial charge in [-0.1, -0.05) is 11.6 Å². The topological polar surface area (TPSA) is 75.4 Å². The van der Waals surface area contributed by atoms with Crippen LogP contribution in [0.1, 0.15) is 16.1 Å². The maximum absolute atomic E-state index is 12.2. The summed E-state index contributed by atoms with van der Waals surface area (Å²) in [6.07, 6.45) is 2.46. The molecule has 9 heteroatoms. The van der Waals surface area contributed by atoms with Gasteiger partial charge in [-0.15, -0.1) is 26.6 Å². The van der Waals surface area contributed by atoms with Crippen molar-refractivity contribution in [1.82, 2.24) is 25.1 Å². The maximum Gasteiger partial charge on any atom is 0.261 e. The van der Waals surface area contributed by atoms with Crippen molar-refractivity contribution in [1.29, 1.82) is 0 Å². The van der Waals surface area contributed by atoms with Crippen molar-refractivity contribution in [2.75, 3.05) is 18.0 Å². The lowest BCUT2D eigenvalue weighted by Gasteiger charge is -2.17. The Kier molecular flexibility index (Phi) is 3.62. The predicted octanol–water partition coefficient (Wildman–Crippen LogP) is 1.85. The molecule has 1 aliphatic heterocycles. The molecule has 1 N–H and O–H groups in total. The number of thiophene rings is 1. The second-order valence-electron chi connectivity index (χ2n) is 5.33. The number of nitrogens with zero attached hydrogens (tertiary/aromatic N) is 5. The predicted molar refractivity (Wildman–Crippen MR) is 88.2 cm³/mol. The van der Waals surface area contributed by atoms with Gasteiger partial charge in [0.1, 0.15) is 12.1 Å². The van der Waals surface area contributed by atoms with Gasteiger partial charge < -0.3 is 10.2 Å². The summed E-state index contributed by atoms with van der Waals surface area (Å²) in [4.78, 5) is 15.0. The molecule has 4 heterocycles. The molecule has 0 saturated carbocycles. The van der Waals surface area contributed by atoms with Crippen LogP contribution in [0, 0.1) is 0 Å². The Morgan fingerprint density at radius 2 is 2.26 bits per heavy atom. The van der Waals surface area contributed by atoms with Crippen LogP contribution in [-0.4, -0.2) is 44.8 Å². The van der Waals surface area contributed by atoms with E-state index in [-0.39, 0.29) is 11.9 Å². The molecule has 0 spiro atoms. The number of carbonyl (C=O) groups excluding carboxylic acids is 1. The molecule has 3 aromatic rings. The highest BCUT2D eigenvalue weighted by Gasteiger charge is 2.25. The third-order valence-electron chi connectivity index (χ3n) is 3.79. The Bertz CT molecular complexity index is 862. The molecule has 1 atom stereocenters. The zero-order valence-electron chi connectivity index (χ0n) is 12.0. The molecule has 0 aliphatic carbocycles. The molecule has 0 bridgehead atoms. The van der Waals surface area contributed by atoms with E-state index in [1.165, 1.54) is 11.3 Å². The lowest BCUT2D eigenvalue weighted by atomic mass is 10.2. The fraction of sp³-hybridized carbons (Fsp3) is 0.286. The maximum atomic E-state index is 12.2. The number of aromatic nitrogens is 4. The second-order valence-corrected chi connectivity index (χ2v) is 7.05. The van der Waals surface area contributed by atoms with Gasteiger partial charge in [-0.25, -0.2) is 0 Å². The Morgan fingerprint density at radius 3 is 3.09 bits per heavy atom. The number of anilines is 1. The van der Waals surface area contributed by atoms with Crippen molar-refractivity contribution in [3.8, 4) is 0 Å². The van der Waals surface area contributed by atoms with Crippen LogP contribution >= 0.6 is 22.9 Å². The SMILES string of the molecule is O=C(NC1CCN(c2ccc3nncn3n2)C1)c1ccc(Cl)s1. The van der Waals surface area contributed by atoms with Crippen LogP contribution < -0.4 is 10.2 Å². The monoisotopic (exact) mass is 348 g/mol. The minimum Gasteiger partial charge on any atom is -0.353 e. The zero-order chi connectivity index (χ0) is 15.8. The van der Waals surface area contributed by atoms with Gasteiger partial charge in [0, 0.05) is 19.1 Å². The lowest BCUT2D eigenvalue weighted by Crippen LogP contribution is -2.36. The van der Waals surface area contributed by atoms with Gasteiger partial charge in [-0.2, -0.15) is 4.52 Å². The van der Waals surface area contributed by atoms with Gasteiger partial charge in [0.25, 0.3) is 5.91 Å². The molecule has 1 unspecified atom stereocenters. The highest BCUT2D eigenvalue weighted by Crippen LogP contribution is 2.22. The number of nitrogens with one attached hydrogen (secondary N) is 1. The molecule has 1 aliphatic rings. The van der Waals surface area contributed by atoms with Crippen molar-refractivity contribution >= 4 is 40.3 Å². The molecule has 1 saturated heterocycles. The molecule has 23 heavy (non-hydrogen) atoms. The van der Waals surface area contributed by atoms with Crippen LogP contribution in [0.25, 0.3) is 5.65 Å². The van der Waals surface area contributed by atoms with Crippen LogP contribution in [0.4, 0.5) is 5.82 Å². The number of hydrogen-bond acceptors (Lipinski definition) is 6. The van der Waals surface area contributed by atoms with E-state index >= 15 is 0 Å². The van der Waals surface area contributed by atoms with Crippen LogP contribution in [0.3, 0.4) is 0 Å². The van der Waals surface area contributed by atoms with Crippen LogP contribution in [0.15, 0.2) is 30.6 Å². The molecular weight excluding hydrogens is 336 g/mol. The number of halogens is 1. The highest BCUT2D eigenvalue weighted by molar-refractivity contribution is 7.18. The fourth-order valence-corrected chi connectivity index (χ4v) is 3.61. The summed E-state index contributed by atoms with van der Waals surface area (Å²) in [6, 6.07) is 7.39. The number of rotatable bonds is 3. The van der Waals surface area contributed by atoms with E-state index < -0.39 is 0 Å². The van der Waals surface area contributed by atoms with E-state index in [4.69, 9.17) is 11.6 Å². The summed E-state index contributed by atoms with van der Waals surface area (Å²) >= 11 is 7.16. The molecule has 0 aromatic carbocycles. The number of carbonyl (C=O) groups is 1. The van der Waals surface area contributed by atoms with E-state index in [2.05, 4.69) is 25.5 Å². The Morgan fingerprint density at radius 1 is 1.35 bits per heavy atom. The Balaban J connectivity index is 1.43. The molecule has 3 aromatic heterocycles. The van der Waals surface area contributed by atoms with Gasteiger partial charge in [-0.3, -0.25) is 4.79 Å². The summed E-state index contributed by atoms with van der Waals surface area (Å²) in [6.45, 7) is 1.57. The van der Waals surface area contributed by atoms with E-state index in [0.29, 0.717) is 14.9 Å². The normalized spacial score (nSPS) is 17.8. The molecule has 4 rings (SSSR count). The van der Waals surface area contributed by atoms with Crippen molar-refractivity contribution in [2.24, 2.45) is 0 Å². The summed E-state index contributed by atoms with van der Waals surface area (Å²) in [5.74, 6) is 0.782. The van der Waals surface area contributed by atoms with E-state index in [9.17, 15) is 4.79 Å². The summed E-state index contributed by atoms with van der Waals surface area (Å²) in [7, 11) is 0. The first-order valence-corrected chi connectivity index (χ1v) is 8.37. The van der Waals surface area contributed by atoms with Crippen molar-refractivity contribution in [3.05, 3.63) is 39.8 Å². The molecule has 1 fully saturated rings. The largest absolute Gasteiger partial charge is 0.353 e. The van der Waals surface area contributed by atoms with Gasteiger partial charge >= 0.3 is 0 Å². The standard InChI is InChI=1S/C14H13ClN6OS/c15-11-2-1-10(23-11)14(22)17-9-5-6-20(7-9)13-4-3-12-18-16-8-21(12)19-13/h1-4,8-9H,5-7H2,(H,17,22). The molecule has 1 amide bonds. The second kappa shape index (κ2) is 5.78. The lowest BCUT2D eigenvalue weighted by molar-refractivity contribution is 0.0944. The van der Waals surface area contributed by atoms with Crippen LogP contribution in [0.2, 0.25) is 4.34 Å². The van der Waals surface area contributed by atoms with E-state index in [0.717, 1.165) is 25.3 Å². The van der Waals surface area contributed by atoms with Crippen molar-refractivity contribution in [2.45, 2.75) is 12.5 Å². The third-order valence-corrected chi connectivity index (χ3v) is 5.02. The first kappa shape index (κ1) is 14.4. The number of fused-ring (bicyclic) bond motifs is 1. The van der Waals surface area contributed by atoms with Crippen molar-refractivity contribution in [3.63, 3.8) is 0 Å². The first-order valence-electron chi connectivity index (χ1n) is 7.17. The third kappa shape index (κ3) is 2.87. The summed E-state index contributed by atoms with van der Waals surface area (Å²) < 4.78 is 2.27. The Labute approximate surface area is 140 Å². The minimum atomic E-state index is -0.0732. The smallest absolute Gasteiger partial charge is 0.261 e. The van der Waals surface area contributed by atoms with Gasteiger partial charge in [0.15, 0.2) is 5.65 Å². The number of amides is 1. The average molecular weight is 349 g/mol. The zero-order valence-corrected chi connectivity index (χ0v) is 13.6. The quantitative estimate of drug-likeness (QED) is 0.781. The van der Waals surface area contributed by atoms with Gasteiger partial charge in [0.05, 0.1) is 9.21 Å². The fourth-order valence-electron chi connectivity index (χ4n) is 2.67. The van der Waals surface area contributed by atoms with Crippen LogP contribution in [-0.2, 0) is 0 Å². The van der Waals surface area contributed by atoms with Gasteiger partial charge in [0.2, 0.25) is 0 Å². The molecule has 7 nitrogen and oxygen atoms in total. The highest BCUT2D eigenvalue weighted by atomic mass is 35.5. The molecule has 0 radical (unpaired) electrons. The van der Waals surface area contributed by atoms with E-state index in [1.807, 2.05) is 12.1 Å². The molecule has 118 valence electrons.